The summed E-state index contributed by atoms with van der Waals surface area (Å²) in [5.74, 6) is 1.55. The van der Waals surface area contributed by atoms with E-state index in [1.165, 1.54) is 12.8 Å². The molecule has 2 rings (SSSR count). The Morgan fingerprint density at radius 1 is 1.42 bits per heavy atom. The Kier molecular flexibility index (Phi) is 4.35. The van der Waals surface area contributed by atoms with Gasteiger partial charge in [-0.1, -0.05) is 19.8 Å². The zero-order chi connectivity index (χ0) is 13.9. The normalized spacial score (nSPS) is 25.6. The molecule has 1 unspecified atom stereocenters. The van der Waals surface area contributed by atoms with Gasteiger partial charge in [0.2, 0.25) is 0 Å². The van der Waals surface area contributed by atoms with E-state index in [4.69, 9.17) is 9.47 Å². The number of hydrogen-bond acceptors (Lipinski definition) is 3. The molecule has 0 radical (unpaired) electrons. The van der Waals surface area contributed by atoms with E-state index in [1.54, 1.807) is 7.11 Å². The summed E-state index contributed by atoms with van der Waals surface area (Å²) in [6, 6.07) is 5.64. The molecule has 0 amide bonds. The summed E-state index contributed by atoms with van der Waals surface area (Å²) < 4.78 is 11.3. The molecule has 1 N–H and O–H groups in total. The number of hydrogen-bond donors (Lipinski definition) is 1. The second-order valence-corrected chi connectivity index (χ2v) is 5.63. The van der Waals surface area contributed by atoms with Crippen molar-refractivity contribution < 1.29 is 14.6 Å². The monoisotopic (exact) mass is 264 g/mol. The number of aliphatic hydroxyl groups is 1. The highest BCUT2D eigenvalue weighted by molar-refractivity contribution is 5.43. The molecule has 0 saturated heterocycles. The van der Waals surface area contributed by atoms with Gasteiger partial charge < -0.3 is 14.6 Å². The average molecular weight is 264 g/mol. The third-order valence-corrected chi connectivity index (χ3v) is 3.87. The third-order valence-electron chi connectivity index (χ3n) is 3.87. The van der Waals surface area contributed by atoms with Crippen molar-refractivity contribution in [2.45, 2.75) is 57.7 Å². The van der Waals surface area contributed by atoms with Gasteiger partial charge in [-0.15, -0.1) is 0 Å². The van der Waals surface area contributed by atoms with Crippen molar-refractivity contribution >= 4 is 0 Å². The van der Waals surface area contributed by atoms with Crippen LogP contribution < -0.4 is 9.47 Å². The minimum atomic E-state index is -0.467. The Hall–Kier alpha value is -1.22. The molecule has 0 saturated carbocycles. The Morgan fingerprint density at radius 3 is 2.89 bits per heavy atom. The van der Waals surface area contributed by atoms with Crippen LogP contribution in [0.15, 0.2) is 18.2 Å². The summed E-state index contributed by atoms with van der Waals surface area (Å²) in [5, 5.41) is 10.3. The van der Waals surface area contributed by atoms with Gasteiger partial charge in [-0.3, -0.25) is 0 Å². The highest BCUT2D eigenvalue weighted by Gasteiger charge is 2.36. The van der Waals surface area contributed by atoms with Crippen molar-refractivity contribution in [3.63, 3.8) is 0 Å². The summed E-state index contributed by atoms with van der Waals surface area (Å²) in [6.07, 6.45) is 4.73. The molecule has 1 aromatic rings. The lowest BCUT2D eigenvalue weighted by Crippen LogP contribution is -2.38. The van der Waals surface area contributed by atoms with Crippen LogP contribution in [0.25, 0.3) is 0 Å². The van der Waals surface area contributed by atoms with Crippen LogP contribution in [-0.2, 0) is 0 Å². The lowest BCUT2D eigenvalue weighted by atomic mass is 9.86. The van der Waals surface area contributed by atoms with Gasteiger partial charge in [-0.05, 0) is 38.0 Å². The van der Waals surface area contributed by atoms with Crippen LogP contribution in [0.4, 0.5) is 0 Å². The van der Waals surface area contributed by atoms with E-state index in [0.717, 1.165) is 29.9 Å². The summed E-state index contributed by atoms with van der Waals surface area (Å²) in [6.45, 7) is 4.29. The van der Waals surface area contributed by atoms with Crippen molar-refractivity contribution in [2.24, 2.45) is 0 Å². The molecular weight excluding hydrogens is 240 g/mol. The van der Waals surface area contributed by atoms with Gasteiger partial charge >= 0.3 is 0 Å². The number of benzene rings is 1. The molecule has 3 nitrogen and oxygen atoms in total. The molecule has 1 aliphatic heterocycles. The van der Waals surface area contributed by atoms with Crippen LogP contribution in [0.3, 0.4) is 0 Å². The maximum Gasteiger partial charge on any atom is 0.126 e. The lowest BCUT2D eigenvalue weighted by molar-refractivity contribution is -0.00858. The molecule has 106 valence electrons. The van der Waals surface area contributed by atoms with Gasteiger partial charge in [0.05, 0.1) is 13.2 Å². The van der Waals surface area contributed by atoms with Gasteiger partial charge in [0.25, 0.3) is 0 Å². The van der Waals surface area contributed by atoms with E-state index in [2.05, 4.69) is 13.8 Å². The van der Waals surface area contributed by atoms with Gasteiger partial charge in [0.1, 0.15) is 17.1 Å². The number of rotatable bonds is 5. The van der Waals surface area contributed by atoms with Gasteiger partial charge in [0, 0.05) is 12.0 Å². The summed E-state index contributed by atoms with van der Waals surface area (Å²) in [4.78, 5) is 0. The highest BCUT2D eigenvalue weighted by Crippen LogP contribution is 2.42. The van der Waals surface area contributed by atoms with Crippen molar-refractivity contribution in [1.82, 2.24) is 0 Å². The lowest BCUT2D eigenvalue weighted by Gasteiger charge is -2.38. The van der Waals surface area contributed by atoms with E-state index < -0.39 is 6.10 Å². The molecule has 0 fully saturated rings. The minimum absolute atomic E-state index is 0.254. The smallest absolute Gasteiger partial charge is 0.126 e. The van der Waals surface area contributed by atoms with E-state index in [9.17, 15) is 5.11 Å². The zero-order valence-electron chi connectivity index (χ0n) is 12.1. The predicted octanol–water partition coefficient (Wildman–Crippen LogP) is 3.85. The number of ether oxygens (including phenoxy) is 2. The van der Waals surface area contributed by atoms with E-state index in [1.807, 2.05) is 18.2 Å². The SMILES string of the molecule is CCCCCC1(C)C[C@@H](O)c2cc(OC)ccc2O1. The third kappa shape index (κ3) is 3.21. The first-order chi connectivity index (χ1) is 9.08. The fourth-order valence-corrected chi connectivity index (χ4v) is 2.73. The molecule has 0 aliphatic carbocycles. The van der Waals surface area contributed by atoms with Gasteiger partial charge in [0.15, 0.2) is 0 Å². The topological polar surface area (TPSA) is 38.7 Å². The van der Waals surface area contributed by atoms with Crippen molar-refractivity contribution in [1.29, 1.82) is 0 Å². The van der Waals surface area contributed by atoms with Crippen LogP contribution in [0.2, 0.25) is 0 Å². The number of aliphatic hydroxyl groups excluding tert-OH is 1. The van der Waals surface area contributed by atoms with Gasteiger partial charge in [-0.2, -0.15) is 0 Å². The van der Waals surface area contributed by atoms with Crippen molar-refractivity contribution in [2.75, 3.05) is 7.11 Å². The fourth-order valence-electron chi connectivity index (χ4n) is 2.73. The van der Waals surface area contributed by atoms with Crippen LogP contribution >= 0.6 is 0 Å². The van der Waals surface area contributed by atoms with Crippen LogP contribution in [0, 0.1) is 0 Å². The molecule has 3 heteroatoms. The second kappa shape index (κ2) is 5.83. The zero-order valence-corrected chi connectivity index (χ0v) is 12.1. The maximum atomic E-state index is 10.3. The van der Waals surface area contributed by atoms with Crippen molar-refractivity contribution in [3.8, 4) is 11.5 Å². The maximum absolute atomic E-state index is 10.3. The Balaban J connectivity index is 2.15. The molecular formula is C16H24O3. The van der Waals surface area contributed by atoms with Crippen molar-refractivity contribution in [3.05, 3.63) is 23.8 Å². The first-order valence-corrected chi connectivity index (χ1v) is 7.13. The number of methoxy groups -OCH3 is 1. The predicted molar refractivity (Wildman–Crippen MR) is 75.7 cm³/mol. The first kappa shape index (κ1) is 14.2. The van der Waals surface area contributed by atoms with Gasteiger partial charge in [-0.25, -0.2) is 0 Å². The number of unbranched alkanes of at least 4 members (excludes halogenated alkanes) is 2. The van der Waals surface area contributed by atoms with E-state index in [-0.39, 0.29) is 5.60 Å². The molecule has 1 aliphatic rings. The Bertz CT molecular complexity index is 430. The molecule has 1 heterocycles. The molecule has 0 bridgehead atoms. The Labute approximate surface area is 115 Å². The minimum Gasteiger partial charge on any atom is -0.497 e. The molecule has 0 aromatic heterocycles. The quantitative estimate of drug-likeness (QED) is 0.821. The Morgan fingerprint density at radius 2 is 2.21 bits per heavy atom. The van der Waals surface area contributed by atoms with E-state index >= 15 is 0 Å². The summed E-state index contributed by atoms with van der Waals surface area (Å²) >= 11 is 0. The van der Waals surface area contributed by atoms with Crippen LogP contribution in [0.5, 0.6) is 11.5 Å². The van der Waals surface area contributed by atoms with E-state index in [0.29, 0.717) is 6.42 Å². The molecule has 0 spiro atoms. The summed E-state index contributed by atoms with van der Waals surface area (Å²) in [7, 11) is 1.63. The highest BCUT2D eigenvalue weighted by atomic mass is 16.5. The largest absolute Gasteiger partial charge is 0.497 e. The second-order valence-electron chi connectivity index (χ2n) is 5.63. The van der Waals surface area contributed by atoms with Crippen LogP contribution in [0.1, 0.15) is 57.6 Å². The average Bonchev–Trinajstić information content (AvgIpc) is 2.38. The standard InChI is InChI=1S/C16H24O3/c1-4-5-6-9-16(2)11-14(17)13-10-12(18-3)7-8-15(13)19-16/h7-8,10,14,17H,4-6,9,11H2,1-3H3/t14-,16?/m1/s1. The first-order valence-electron chi connectivity index (χ1n) is 7.13. The van der Waals surface area contributed by atoms with Crippen LogP contribution in [-0.4, -0.2) is 17.8 Å². The fraction of sp³-hybridized carbons (Fsp3) is 0.625. The summed E-state index contributed by atoms with van der Waals surface area (Å²) in [5.41, 5.74) is 0.586. The molecule has 19 heavy (non-hydrogen) atoms. The molecule has 1 aromatic carbocycles. The number of fused-ring (bicyclic) bond motifs is 1. The molecule has 2 atom stereocenters.